The molecule has 144 valence electrons. The fourth-order valence-corrected chi connectivity index (χ4v) is 3.06. The predicted molar refractivity (Wildman–Crippen MR) is 105 cm³/mol. The molecule has 7 nitrogen and oxygen atoms in total. The highest BCUT2D eigenvalue weighted by atomic mass is 16.5. The molecule has 0 aliphatic heterocycles. The Morgan fingerprint density at radius 3 is 2.36 bits per heavy atom. The van der Waals surface area contributed by atoms with Gasteiger partial charge in [-0.3, -0.25) is 9.59 Å². The lowest BCUT2D eigenvalue weighted by Gasteiger charge is -2.24. The van der Waals surface area contributed by atoms with E-state index >= 15 is 0 Å². The van der Waals surface area contributed by atoms with Crippen molar-refractivity contribution < 1.29 is 19.4 Å². The topological polar surface area (TPSA) is 100 Å². The van der Waals surface area contributed by atoms with Crippen LogP contribution in [-0.2, 0) is 9.59 Å². The number of carboxylic acid groups (broad SMARTS) is 1. The zero-order valence-electron chi connectivity index (χ0n) is 15.4. The van der Waals surface area contributed by atoms with E-state index < -0.39 is 17.8 Å². The third-order valence-electron chi connectivity index (χ3n) is 4.57. The number of aliphatic carboxylic acids is 1. The number of anilines is 1. The highest BCUT2D eigenvalue weighted by molar-refractivity contribution is 5.96. The number of hydrogen-bond donors (Lipinski definition) is 2. The molecule has 2 N–H and O–H groups in total. The van der Waals surface area contributed by atoms with Gasteiger partial charge >= 0.3 is 5.97 Å². The Hall–Kier alpha value is -3.48. The Kier molecular flexibility index (Phi) is 6.16. The maximum atomic E-state index is 12.6. The van der Waals surface area contributed by atoms with Gasteiger partial charge < -0.3 is 15.2 Å². The lowest BCUT2D eigenvalue weighted by atomic mass is 9.82. The molecule has 28 heavy (non-hydrogen) atoms. The standard InChI is InChI=1S/C21H21N3O4/c1-28-19-13-15(24-23-14-7-3-2-4-8-14)11-12-18(19)22-20(25)16-9-5-6-10-17(16)21(26)27/h2-8,11-13,16-17H,9-10H2,1H3,(H,22,25)(H,26,27). The first-order chi connectivity index (χ1) is 13.6. The van der Waals surface area contributed by atoms with Crippen molar-refractivity contribution in [3.63, 3.8) is 0 Å². The van der Waals surface area contributed by atoms with Crippen LogP contribution in [0.4, 0.5) is 17.1 Å². The van der Waals surface area contributed by atoms with Crippen LogP contribution in [0.25, 0.3) is 0 Å². The highest BCUT2D eigenvalue weighted by Gasteiger charge is 2.34. The second-order valence-corrected chi connectivity index (χ2v) is 6.40. The fourth-order valence-electron chi connectivity index (χ4n) is 3.06. The van der Waals surface area contributed by atoms with E-state index in [9.17, 15) is 14.7 Å². The van der Waals surface area contributed by atoms with Crippen LogP contribution in [0.3, 0.4) is 0 Å². The summed E-state index contributed by atoms with van der Waals surface area (Å²) >= 11 is 0. The van der Waals surface area contributed by atoms with E-state index in [2.05, 4.69) is 15.5 Å². The van der Waals surface area contributed by atoms with Crippen LogP contribution in [0.15, 0.2) is 70.9 Å². The number of benzene rings is 2. The third kappa shape index (κ3) is 4.62. The van der Waals surface area contributed by atoms with Gasteiger partial charge in [-0.05, 0) is 37.1 Å². The van der Waals surface area contributed by atoms with E-state index in [0.717, 1.165) is 5.69 Å². The van der Waals surface area contributed by atoms with Crippen LogP contribution in [0.2, 0.25) is 0 Å². The molecule has 0 spiro atoms. The zero-order valence-corrected chi connectivity index (χ0v) is 15.4. The number of ether oxygens (including phenoxy) is 1. The largest absolute Gasteiger partial charge is 0.494 e. The number of nitrogens with zero attached hydrogens (tertiary/aromatic N) is 2. The number of amides is 1. The molecule has 1 amide bonds. The predicted octanol–water partition coefficient (Wildman–Crippen LogP) is 4.72. The van der Waals surface area contributed by atoms with Gasteiger partial charge in [0.2, 0.25) is 5.91 Å². The molecule has 3 rings (SSSR count). The lowest BCUT2D eigenvalue weighted by Crippen LogP contribution is -2.34. The second-order valence-electron chi connectivity index (χ2n) is 6.40. The van der Waals surface area contributed by atoms with Crippen LogP contribution < -0.4 is 10.1 Å². The second kappa shape index (κ2) is 8.94. The first-order valence-corrected chi connectivity index (χ1v) is 8.92. The van der Waals surface area contributed by atoms with E-state index in [1.807, 2.05) is 36.4 Å². The van der Waals surface area contributed by atoms with Gasteiger partial charge in [0.05, 0.1) is 36.0 Å². The summed E-state index contributed by atoms with van der Waals surface area (Å²) in [7, 11) is 1.49. The van der Waals surface area contributed by atoms with Crippen molar-refractivity contribution in [3.8, 4) is 5.75 Å². The van der Waals surface area contributed by atoms with Crippen LogP contribution in [0.5, 0.6) is 5.75 Å². The average molecular weight is 379 g/mol. The number of allylic oxidation sites excluding steroid dienone is 2. The molecule has 0 radical (unpaired) electrons. The molecule has 0 bridgehead atoms. The van der Waals surface area contributed by atoms with E-state index in [-0.39, 0.29) is 5.91 Å². The normalized spacial score (nSPS) is 18.8. The molecule has 0 heterocycles. The molecule has 0 saturated heterocycles. The Balaban J connectivity index is 1.75. The molecule has 7 heteroatoms. The van der Waals surface area contributed by atoms with Crippen molar-refractivity contribution >= 4 is 28.9 Å². The molecule has 0 aromatic heterocycles. The number of carboxylic acids is 1. The van der Waals surface area contributed by atoms with Crippen LogP contribution in [0.1, 0.15) is 12.8 Å². The van der Waals surface area contributed by atoms with Crippen LogP contribution in [-0.4, -0.2) is 24.1 Å². The first-order valence-electron chi connectivity index (χ1n) is 8.92. The number of carbonyl (C=O) groups is 2. The number of rotatable bonds is 6. The van der Waals surface area contributed by atoms with Gasteiger partial charge in [-0.2, -0.15) is 10.2 Å². The molecule has 2 unspecified atom stereocenters. The van der Waals surface area contributed by atoms with Gasteiger partial charge in [0.15, 0.2) is 0 Å². The van der Waals surface area contributed by atoms with Crippen LogP contribution in [0, 0.1) is 11.8 Å². The van der Waals surface area contributed by atoms with Crippen LogP contribution >= 0.6 is 0 Å². The van der Waals surface area contributed by atoms with Gasteiger partial charge in [-0.15, -0.1) is 0 Å². The molecule has 1 aliphatic carbocycles. The number of hydrogen-bond acceptors (Lipinski definition) is 5. The summed E-state index contributed by atoms with van der Waals surface area (Å²) in [5.41, 5.74) is 1.76. The van der Waals surface area contributed by atoms with Gasteiger partial charge in [-0.25, -0.2) is 0 Å². The average Bonchev–Trinajstić information content (AvgIpc) is 2.73. The number of azo groups is 1. The van der Waals surface area contributed by atoms with Gasteiger partial charge in [-0.1, -0.05) is 30.4 Å². The summed E-state index contributed by atoms with van der Waals surface area (Å²) in [6.07, 6.45) is 4.39. The fraction of sp³-hybridized carbons (Fsp3) is 0.238. The number of carbonyl (C=O) groups excluding carboxylic acids is 1. The molecular formula is C21H21N3O4. The van der Waals surface area contributed by atoms with Gasteiger partial charge in [0.25, 0.3) is 0 Å². The molecule has 1 aliphatic rings. The van der Waals surface area contributed by atoms with Gasteiger partial charge in [0.1, 0.15) is 5.75 Å². The van der Waals surface area contributed by atoms with E-state index in [1.165, 1.54) is 7.11 Å². The first kappa shape index (κ1) is 19.3. The van der Waals surface area contributed by atoms with Crippen molar-refractivity contribution in [2.45, 2.75) is 12.8 Å². The SMILES string of the molecule is COc1cc(N=Nc2ccccc2)ccc1NC(=O)C1CC=CCC1C(=O)O. The van der Waals surface area contributed by atoms with Gasteiger partial charge in [0, 0.05) is 6.07 Å². The highest BCUT2D eigenvalue weighted by Crippen LogP contribution is 2.32. The summed E-state index contributed by atoms with van der Waals surface area (Å²) in [5.74, 6) is -2.22. The van der Waals surface area contributed by atoms with Crippen molar-refractivity contribution in [2.24, 2.45) is 22.1 Å². The molecule has 2 atom stereocenters. The van der Waals surface area contributed by atoms with E-state index in [1.54, 1.807) is 24.3 Å². The van der Waals surface area contributed by atoms with E-state index in [4.69, 9.17) is 4.74 Å². The zero-order chi connectivity index (χ0) is 19.9. The minimum atomic E-state index is -0.965. The van der Waals surface area contributed by atoms with Crippen molar-refractivity contribution in [2.75, 3.05) is 12.4 Å². The van der Waals surface area contributed by atoms with Crippen molar-refractivity contribution in [1.29, 1.82) is 0 Å². The smallest absolute Gasteiger partial charge is 0.307 e. The Morgan fingerprint density at radius 1 is 1.00 bits per heavy atom. The summed E-state index contributed by atoms with van der Waals surface area (Å²) < 4.78 is 5.35. The lowest BCUT2D eigenvalue weighted by molar-refractivity contribution is -0.146. The summed E-state index contributed by atoms with van der Waals surface area (Å²) in [5, 5.41) is 20.5. The number of nitrogens with one attached hydrogen (secondary N) is 1. The summed E-state index contributed by atoms with van der Waals surface area (Å²) in [6, 6.07) is 14.4. The molecule has 0 saturated carbocycles. The quantitative estimate of drug-likeness (QED) is 0.560. The minimum Gasteiger partial charge on any atom is -0.494 e. The molecular weight excluding hydrogens is 358 g/mol. The number of methoxy groups -OCH3 is 1. The summed E-state index contributed by atoms with van der Waals surface area (Å²) in [4.78, 5) is 24.1. The Bertz CT molecular complexity index is 909. The monoisotopic (exact) mass is 379 g/mol. The Labute approximate surface area is 162 Å². The maximum absolute atomic E-state index is 12.6. The summed E-state index contributed by atoms with van der Waals surface area (Å²) in [6.45, 7) is 0. The third-order valence-corrected chi connectivity index (χ3v) is 4.57. The molecule has 2 aromatic rings. The Morgan fingerprint density at radius 2 is 1.68 bits per heavy atom. The van der Waals surface area contributed by atoms with Crippen molar-refractivity contribution in [3.05, 3.63) is 60.7 Å². The molecule has 0 fully saturated rings. The molecule has 2 aromatic carbocycles. The van der Waals surface area contributed by atoms with Crippen molar-refractivity contribution in [1.82, 2.24) is 0 Å². The minimum absolute atomic E-state index is 0.339. The van der Waals surface area contributed by atoms with E-state index in [0.29, 0.717) is 30.0 Å². The maximum Gasteiger partial charge on any atom is 0.307 e.